The first-order valence-corrected chi connectivity index (χ1v) is 6.69. The molecule has 0 aliphatic heterocycles. The van der Waals surface area contributed by atoms with Crippen LogP contribution in [-0.4, -0.2) is 24.1 Å². The number of methoxy groups -OCH3 is 1. The van der Waals surface area contributed by atoms with Gasteiger partial charge in [-0.1, -0.05) is 6.07 Å². The Morgan fingerprint density at radius 1 is 1.30 bits per heavy atom. The van der Waals surface area contributed by atoms with Crippen molar-refractivity contribution in [3.63, 3.8) is 0 Å². The summed E-state index contributed by atoms with van der Waals surface area (Å²) < 4.78 is 5.24. The quantitative estimate of drug-likeness (QED) is 0.886. The predicted molar refractivity (Wildman–Crippen MR) is 74.8 cm³/mol. The van der Waals surface area contributed by atoms with Crippen LogP contribution in [0.3, 0.4) is 0 Å². The van der Waals surface area contributed by atoms with Crippen LogP contribution in [0.1, 0.15) is 24.8 Å². The minimum atomic E-state index is -0.812. The Bertz CT molecular complexity index is 527. The molecule has 20 heavy (non-hydrogen) atoms. The average molecular weight is 277 g/mol. The molecule has 1 fully saturated rings. The zero-order chi connectivity index (χ0) is 14.7. The van der Waals surface area contributed by atoms with Crippen LogP contribution in [-0.2, 0) is 9.59 Å². The van der Waals surface area contributed by atoms with E-state index in [2.05, 4.69) is 5.32 Å². The molecular formula is C15H19NO4. The zero-order valence-electron chi connectivity index (χ0n) is 11.7. The minimum Gasteiger partial charge on any atom is -0.495 e. The van der Waals surface area contributed by atoms with E-state index < -0.39 is 11.9 Å². The number of anilines is 1. The fraction of sp³-hybridized carbons (Fsp3) is 0.467. The van der Waals surface area contributed by atoms with Crippen molar-refractivity contribution >= 4 is 17.6 Å². The number of carboxylic acids is 1. The lowest BCUT2D eigenvalue weighted by molar-refractivity contribution is -0.141. The fourth-order valence-electron chi connectivity index (χ4n) is 2.58. The number of benzene rings is 1. The highest BCUT2D eigenvalue weighted by Crippen LogP contribution is 2.33. The number of nitrogens with one attached hydrogen (secondary N) is 1. The molecule has 0 saturated heterocycles. The van der Waals surface area contributed by atoms with Gasteiger partial charge >= 0.3 is 5.97 Å². The molecule has 2 rings (SSSR count). The van der Waals surface area contributed by atoms with Crippen LogP contribution in [0.5, 0.6) is 5.75 Å². The van der Waals surface area contributed by atoms with E-state index in [0.717, 1.165) is 5.56 Å². The third-order valence-electron chi connectivity index (χ3n) is 3.77. The van der Waals surface area contributed by atoms with E-state index in [0.29, 0.717) is 30.7 Å². The summed E-state index contributed by atoms with van der Waals surface area (Å²) in [4.78, 5) is 23.1. The molecule has 1 saturated carbocycles. The molecule has 1 aliphatic rings. The van der Waals surface area contributed by atoms with Crippen LogP contribution in [0.2, 0.25) is 0 Å². The fourth-order valence-corrected chi connectivity index (χ4v) is 2.58. The maximum absolute atomic E-state index is 12.2. The van der Waals surface area contributed by atoms with Gasteiger partial charge in [-0.05, 0) is 43.9 Å². The molecule has 0 radical (unpaired) electrons. The maximum Gasteiger partial charge on any atom is 0.306 e. The summed E-state index contributed by atoms with van der Waals surface area (Å²) in [6.45, 7) is 1.95. The molecule has 0 bridgehead atoms. The van der Waals surface area contributed by atoms with Gasteiger partial charge in [0.05, 0.1) is 18.7 Å². The van der Waals surface area contributed by atoms with Gasteiger partial charge in [0.2, 0.25) is 5.91 Å². The number of hydrogen-bond donors (Lipinski definition) is 2. The van der Waals surface area contributed by atoms with Crippen LogP contribution in [0.25, 0.3) is 0 Å². The van der Waals surface area contributed by atoms with Gasteiger partial charge in [0, 0.05) is 5.92 Å². The number of carbonyl (C=O) groups excluding carboxylic acids is 1. The number of ether oxygens (including phenoxy) is 1. The van der Waals surface area contributed by atoms with E-state index in [-0.39, 0.29) is 11.8 Å². The van der Waals surface area contributed by atoms with Gasteiger partial charge in [-0.15, -0.1) is 0 Å². The highest BCUT2D eigenvalue weighted by Gasteiger charge is 2.34. The molecule has 0 unspecified atom stereocenters. The topological polar surface area (TPSA) is 75.6 Å². The van der Waals surface area contributed by atoms with Gasteiger partial charge in [0.25, 0.3) is 0 Å². The Labute approximate surface area is 117 Å². The molecule has 1 aromatic carbocycles. The number of rotatable bonds is 4. The van der Waals surface area contributed by atoms with Crippen molar-refractivity contribution in [2.45, 2.75) is 26.2 Å². The summed E-state index contributed by atoms with van der Waals surface area (Å²) in [6, 6.07) is 5.55. The van der Waals surface area contributed by atoms with E-state index in [1.807, 2.05) is 19.1 Å². The lowest BCUT2D eigenvalue weighted by Crippen LogP contribution is -2.22. The minimum absolute atomic E-state index is 0.129. The molecule has 1 amide bonds. The molecule has 2 atom stereocenters. The lowest BCUT2D eigenvalue weighted by Gasteiger charge is -2.14. The first-order chi connectivity index (χ1) is 9.51. The van der Waals surface area contributed by atoms with Gasteiger partial charge in [-0.2, -0.15) is 0 Å². The molecule has 1 aliphatic carbocycles. The smallest absolute Gasteiger partial charge is 0.306 e. The van der Waals surface area contributed by atoms with E-state index in [1.54, 1.807) is 13.2 Å². The normalized spacial score (nSPS) is 21.5. The van der Waals surface area contributed by atoms with E-state index >= 15 is 0 Å². The molecule has 108 valence electrons. The number of amides is 1. The summed E-state index contributed by atoms with van der Waals surface area (Å²) in [6.07, 6.45) is 1.60. The third kappa shape index (κ3) is 3.10. The summed E-state index contributed by atoms with van der Waals surface area (Å²) in [5.41, 5.74) is 1.67. The molecule has 5 heteroatoms. The molecule has 0 spiro atoms. The first kappa shape index (κ1) is 14.4. The van der Waals surface area contributed by atoms with Crippen molar-refractivity contribution in [2.24, 2.45) is 11.8 Å². The van der Waals surface area contributed by atoms with E-state index in [9.17, 15) is 9.59 Å². The van der Waals surface area contributed by atoms with Crippen LogP contribution < -0.4 is 10.1 Å². The summed E-state index contributed by atoms with van der Waals surface area (Å²) in [5, 5.41) is 11.8. The number of hydrogen-bond acceptors (Lipinski definition) is 3. The Morgan fingerprint density at radius 2 is 2.00 bits per heavy atom. The second-order valence-electron chi connectivity index (χ2n) is 5.24. The number of aliphatic carboxylic acids is 1. The second-order valence-corrected chi connectivity index (χ2v) is 5.24. The molecular weight excluding hydrogens is 258 g/mol. The predicted octanol–water partition coefficient (Wildman–Crippen LogP) is 2.44. The van der Waals surface area contributed by atoms with Crippen molar-refractivity contribution in [1.29, 1.82) is 0 Å². The van der Waals surface area contributed by atoms with Crippen molar-refractivity contribution in [3.05, 3.63) is 23.8 Å². The van der Waals surface area contributed by atoms with Crippen LogP contribution >= 0.6 is 0 Å². The van der Waals surface area contributed by atoms with E-state index in [4.69, 9.17) is 9.84 Å². The molecule has 0 aromatic heterocycles. The van der Waals surface area contributed by atoms with Crippen molar-refractivity contribution in [2.75, 3.05) is 12.4 Å². The molecule has 5 nitrogen and oxygen atoms in total. The maximum atomic E-state index is 12.2. The van der Waals surface area contributed by atoms with Crippen molar-refractivity contribution < 1.29 is 19.4 Å². The number of carbonyl (C=O) groups is 2. The van der Waals surface area contributed by atoms with Gasteiger partial charge in [-0.25, -0.2) is 0 Å². The monoisotopic (exact) mass is 277 g/mol. The Kier molecular flexibility index (Phi) is 4.27. The lowest BCUT2D eigenvalue weighted by atomic mass is 10.0. The summed E-state index contributed by atoms with van der Waals surface area (Å²) in [5.74, 6) is -0.956. The van der Waals surface area contributed by atoms with Gasteiger partial charge in [0.15, 0.2) is 0 Å². The highest BCUT2D eigenvalue weighted by molar-refractivity contribution is 5.94. The Hall–Kier alpha value is -2.04. The SMILES string of the molecule is COc1cc(C)ccc1NC(=O)[C@@H]1CC[C@H](C(=O)O)C1. The Morgan fingerprint density at radius 3 is 2.60 bits per heavy atom. The summed E-state index contributed by atoms with van der Waals surface area (Å²) in [7, 11) is 1.56. The van der Waals surface area contributed by atoms with Crippen LogP contribution in [0.4, 0.5) is 5.69 Å². The third-order valence-corrected chi connectivity index (χ3v) is 3.77. The van der Waals surface area contributed by atoms with Crippen LogP contribution in [0.15, 0.2) is 18.2 Å². The first-order valence-electron chi connectivity index (χ1n) is 6.69. The number of carboxylic acid groups (broad SMARTS) is 1. The van der Waals surface area contributed by atoms with Crippen LogP contribution in [0, 0.1) is 18.8 Å². The second kappa shape index (κ2) is 5.94. The van der Waals surface area contributed by atoms with Gasteiger partial charge in [0.1, 0.15) is 5.75 Å². The van der Waals surface area contributed by atoms with Crippen molar-refractivity contribution in [1.82, 2.24) is 0 Å². The molecule has 0 heterocycles. The summed E-state index contributed by atoms with van der Waals surface area (Å²) >= 11 is 0. The van der Waals surface area contributed by atoms with Gasteiger partial charge < -0.3 is 15.2 Å². The Balaban J connectivity index is 2.04. The van der Waals surface area contributed by atoms with Gasteiger partial charge in [-0.3, -0.25) is 9.59 Å². The number of aryl methyl sites for hydroxylation is 1. The highest BCUT2D eigenvalue weighted by atomic mass is 16.5. The standard InChI is InChI=1S/C15H19NO4/c1-9-3-6-12(13(7-9)20-2)16-14(17)10-4-5-11(8-10)15(18)19/h3,6-7,10-11H,4-5,8H2,1-2H3,(H,16,17)(H,18,19)/t10-,11+/m1/s1. The van der Waals surface area contributed by atoms with E-state index in [1.165, 1.54) is 0 Å². The molecule has 2 N–H and O–H groups in total. The molecule has 1 aromatic rings. The van der Waals surface area contributed by atoms with Crippen molar-refractivity contribution in [3.8, 4) is 5.75 Å². The zero-order valence-corrected chi connectivity index (χ0v) is 11.7. The average Bonchev–Trinajstić information content (AvgIpc) is 2.90. The largest absolute Gasteiger partial charge is 0.495 e.